The number of carbonyl (C=O) groups excluding carboxylic acids is 2. The van der Waals surface area contributed by atoms with Crippen LogP contribution in [0.5, 0.6) is 0 Å². The number of carbonyl (C=O) groups is 4. The standard InChI is InChI=1S/2C12H20O4.2C8H17.Sn/c2*1-3-5-6-10(4-2)9-16-12(15)8-7-11(13)14;2*1-3-5-7-8-6-4-2;/h2*7-8,10H,3-6,9H2,1-2H3,(H,13,14);2*1,3-8H2,2H3;/b2*8-7+;;;. The van der Waals surface area contributed by atoms with Crippen LogP contribution in [0.2, 0.25) is 8.87 Å². The molecule has 0 spiro atoms. The van der Waals surface area contributed by atoms with Crippen molar-refractivity contribution in [2.45, 2.75) is 179 Å². The molecule has 286 valence electrons. The fraction of sp³-hybridized carbons (Fsp3) is 0.800. The molecule has 49 heavy (non-hydrogen) atoms. The molecule has 8 nitrogen and oxygen atoms in total. The number of aliphatic carboxylic acids is 2. The molecule has 0 aliphatic heterocycles. The number of hydrogen-bond acceptors (Lipinski definition) is 6. The third-order valence-electron chi connectivity index (χ3n) is 8.15. The zero-order valence-corrected chi connectivity index (χ0v) is 35.1. The van der Waals surface area contributed by atoms with E-state index in [-0.39, 0.29) is 21.1 Å². The van der Waals surface area contributed by atoms with Gasteiger partial charge < -0.3 is 19.7 Å². The number of unbranched alkanes of at least 4 members (excludes halogenated alkanes) is 12. The minimum absolute atomic E-state index is 0.0736. The van der Waals surface area contributed by atoms with Crippen molar-refractivity contribution >= 4 is 45.0 Å². The van der Waals surface area contributed by atoms with Crippen molar-refractivity contribution in [2.24, 2.45) is 11.8 Å². The molecule has 0 saturated heterocycles. The Morgan fingerprint density at radius 1 is 0.490 bits per heavy atom. The first kappa shape index (κ1) is 51.5. The normalized spacial score (nSPS) is 12.0. The van der Waals surface area contributed by atoms with Crippen molar-refractivity contribution in [3.05, 3.63) is 24.3 Å². The van der Waals surface area contributed by atoms with Crippen molar-refractivity contribution < 1.29 is 38.9 Å². The van der Waals surface area contributed by atoms with Gasteiger partial charge in [-0.05, 0) is 24.7 Å². The summed E-state index contributed by atoms with van der Waals surface area (Å²) in [5, 5.41) is 16.6. The molecule has 0 amide bonds. The van der Waals surface area contributed by atoms with Crippen LogP contribution >= 0.6 is 0 Å². The number of hydrogen-bond donors (Lipinski definition) is 2. The average molecular weight is 802 g/mol. The van der Waals surface area contributed by atoms with E-state index in [4.69, 9.17) is 19.7 Å². The van der Waals surface area contributed by atoms with Gasteiger partial charge in [0.25, 0.3) is 0 Å². The summed E-state index contributed by atoms with van der Waals surface area (Å²) in [7, 11) is 0. The van der Waals surface area contributed by atoms with Crippen molar-refractivity contribution in [1.29, 1.82) is 0 Å². The molecule has 2 radical (unpaired) electrons. The van der Waals surface area contributed by atoms with Crippen LogP contribution in [0.15, 0.2) is 24.3 Å². The fourth-order valence-corrected chi connectivity index (χ4v) is 8.32. The summed E-state index contributed by atoms with van der Waals surface area (Å²) in [6.45, 7) is 13.7. The molecular formula is C40H74O8Sn. The quantitative estimate of drug-likeness (QED) is 0.0318. The van der Waals surface area contributed by atoms with Gasteiger partial charge >= 0.3 is 145 Å². The van der Waals surface area contributed by atoms with Crippen molar-refractivity contribution in [3.63, 3.8) is 0 Å². The van der Waals surface area contributed by atoms with Crippen LogP contribution in [-0.4, -0.2) is 68.4 Å². The Morgan fingerprint density at radius 2 is 0.816 bits per heavy atom. The molecule has 0 heterocycles. The second kappa shape index (κ2) is 42.3. The molecule has 0 bridgehead atoms. The summed E-state index contributed by atoms with van der Waals surface area (Å²) in [6.07, 6.45) is 29.8. The van der Waals surface area contributed by atoms with E-state index in [9.17, 15) is 19.2 Å². The third-order valence-corrected chi connectivity index (χ3v) is 12.2. The van der Waals surface area contributed by atoms with Crippen LogP contribution in [-0.2, 0) is 28.7 Å². The van der Waals surface area contributed by atoms with E-state index in [2.05, 4.69) is 41.5 Å². The number of carboxylic acids is 2. The van der Waals surface area contributed by atoms with Gasteiger partial charge in [0.1, 0.15) is 0 Å². The number of esters is 2. The summed E-state index contributed by atoms with van der Waals surface area (Å²) < 4.78 is 13.2. The molecule has 0 aromatic heterocycles. The SMILES string of the molecule is CCCCC(CC)COC(=O)/C=C/C(=O)O.CCCCC(CC)COC(=O)/C=C/C(=O)O.CCCCCCC[CH2][Sn][CH2]CCCCCCC. The minimum atomic E-state index is -1.14. The topological polar surface area (TPSA) is 127 Å². The van der Waals surface area contributed by atoms with E-state index in [1.54, 1.807) is 21.7 Å². The second-order valence-corrected chi connectivity index (χ2v) is 17.0. The van der Waals surface area contributed by atoms with E-state index >= 15 is 0 Å². The van der Waals surface area contributed by atoms with Gasteiger partial charge in [-0.15, -0.1) is 0 Å². The van der Waals surface area contributed by atoms with Crippen LogP contribution in [0, 0.1) is 11.8 Å². The Balaban J connectivity index is -0.000000648. The Hall–Kier alpha value is -1.84. The Morgan fingerprint density at radius 3 is 1.12 bits per heavy atom. The van der Waals surface area contributed by atoms with Crippen LogP contribution in [0.25, 0.3) is 0 Å². The maximum atomic E-state index is 11.1. The Kier molecular flexibility index (Phi) is 44.5. The summed E-state index contributed by atoms with van der Waals surface area (Å²) in [5.41, 5.74) is 0. The van der Waals surface area contributed by atoms with Gasteiger partial charge in [-0.2, -0.15) is 0 Å². The van der Waals surface area contributed by atoms with Gasteiger partial charge in [-0.1, -0.05) is 66.2 Å². The molecule has 2 atom stereocenters. The molecule has 0 aliphatic rings. The fourth-order valence-electron chi connectivity index (χ4n) is 4.76. The number of carboxylic acid groups (broad SMARTS) is 2. The molecule has 0 fully saturated rings. The van der Waals surface area contributed by atoms with Gasteiger partial charge in [-0.25, -0.2) is 19.2 Å². The van der Waals surface area contributed by atoms with Crippen molar-refractivity contribution in [3.8, 4) is 0 Å². The van der Waals surface area contributed by atoms with E-state index in [1.165, 1.54) is 64.2 Å². The molecule has 0 saturated carbocycles. The van der Waals surface area contributed by atoms with Crippen LogP contribution in [0.3, 0.4) is 0 Å². The van der Waals surface area contributed by atoms with E-state index in [0.717, 1.165) is 75.7 Å². The first-order valence-corrected chi connectivity index (χ1v) is 23.5. The predicted molar refractivity (Wildman–Crippen MR) is 204 cm³/mol. The monoisotopic (exact) mass is 802 g/mol. The van der Waals surface area contributed by atoms with E-state index in [1.807, 2.05) is 0 Å². The molecule has 0 aromatic rings. The molecule has 0 rings (SSSR count). The summed E-state index contributed by atoms with van der Waals surface area (Å²) in [5.74, 6) is -2.70. The Labute approximate surface area is 310 Å². The predicted octanol–water partition coefficient (Wildman–Crippen LogP) is 11.0. The van der Waals surface area contributed by atoms with Gasteiger partial charge in [0.15, 0.2) is 0 Å². The molecule has 2 N–H and O–H groups in total. The average Bonchev–Trinajstić information content (AvgIpc) is 3.09. The molecule has 2 unspecified atom stereocenters. The van der Waals surface area contributed by atoms with Crippen molar-refractivity contribution in [1.82, 2.24) is 0 Å². The Bertz CT molecular complexity index is 761. The molecular weight excluding hydrogens is 727 g/mol. The molecule has 0 aromatic carbocycles. The maximum absolute atomic E-state index is 11.1. The van der Waals surface area contributed by atoms with Crippen LogP contribution < -0.4 is 0 Å². The summed E-state index contributed by atoms with van der Waals surface area (Å²) >= 11 is 0.0736. The van der Waals surface area contributed by atoms with Gasteiger partial charge in [0.05, 0.1) is 13.2 Å². The van der Waals surface area contributed by atoms with Crippen LogP contribution in [0.4, 0.5) is 0 Å². The summed E-state index contributed by atoms with van der Waals surface area (Å²) in [6, 6.07) is 0. The third kappa shape index (κ3) is 46.2. The molecule has 0 aliphatic carbocycles. The zero-order valence-electron chi connectivity index (χ0n) is 32.3. The number of rotatable bonds is 30. The van der Waals surface area contributed by atoms with Gasteiger partial charge in [0, 0.05) is 24.3 Å². The van der Waals surface area contributed by atoms with Crippen LogP contribution in [0.1, 0.15) is 170 Å². The molecule has 9 heteroatoms. The van der Waals surface area contributed by atoms with Gasteiger partial charge in [0.2, 0.25) is 0 Å². The first-order valence-electron chi connectivity index (χ1n) is 19.5. The summed E-state index contributed by atoms with van der Waals surface area (Å²) in [4.78, 5) is 42.4. The van der Waals surface area contributed by atoms with E-state index < -0.39 is 23.9 Å². The van der Waals surface area contributed by atoms with Crippen molar-refractivity contribution in [2.75, 3.05) is 13.2 Å². The number of ether oxygens (including phenoxy) is 2. The second-order valence-electron chi connectivity index (χ2n) is 12.7. The zero-order chi connectivity index (χ0) is 37.4. The first-order chi connectivity index (χ1) is 23.6. The van der Waals surface area contributed by atoms with E-state index in [0.29, 0.717) is 25.0 Å². The van der Waals surface area contributed by atoms with Gasteiger partial charge in [-0.3, -0.25) is 0 Å².